The van der Waals surface area contributed by atoms with Crippen LogP contribution in [0, 0.1) is 6.92 Å². The number of hydrogen-bond acceptors (Lipinski definition) is 5. The van der Waals surface area contributed by atoms with Crippen LogP contribution in [-0.2, 0) is 16.6 Å². The first-order valence-electron chi connectivity index (χ1n) is 11.8. The van der Waals surface area contributed by atoms with Crippen molar-refractivity contribution in [1.82, 2.24) is 19.0 Å². The van der Waals surface area contributed by atoms with Gasteiger partial charge in [0, 0.05) is 64.5 Å². The Hall–Kier alpha value is -2.26. The minimum Gasteiger partial charge on any atom is -0.336 e. The van der Waals surface area contributed by atoms with Crippen molar-refractivity contribution in [2.24, 2.45) is 0 Å². The third kappa shape index (κ3) is 5.63. The SMILES string of the molecule is CCN1CCN(C(=O)c2cccc(CN3CCN(S(=O)(=O)c4ccc(C)cc4)CC3)c2)CC1. The van der Waals surface area contributed by atoms with Crippen molar-refractivity contribution in [1.29, 1.82) is 0 Å². The molecular weight excluding hydrogens is 436 g/mol. The van der Waals surface area contributed by atoms with E-state index in [9.17, 15) is 13.2 Å². The summed E-state index contributed by atoms with van der Waals surface area (Å²) >= 11 is 0. The second-order valence-corrected chi connectivity index (χ2v) is 10.9. The fraction of sp³-hybridized carbons (Fsp3) is 0.480. The maximum absolute atomic E-state index is 13.0. The number of sulfonamides is 1. The van der Waals surface area contributed by atoms with Gasteiger partial charge in [0.05, 0.1) is 4.90 Å². The smallest absolute Gasteiger partial charge is 0.253 e. The molecule has 0 aliphatic carbocycles. The maximum atomic E-state index is 13.0. The average molecular weight is 471 g/mol. The Labute approximate surface area is 197 Å². The molecule has 0 aromatic heterocycles. The molecule has 0 N–H and O–H groups in total. The van der Waals surface area contributed by atoms with Crippen LogP contribution in [0.5, 0.6) is 0 Å². The number of piperazine rings is 2. The number of aryl methyl sites for hydroxylation is 1. The Balaban J connectivity index is 1.33. The van der Waals surface area contributed by atoms with Gasteiger partial charge >= 0.3 is 0 Å². The molecule has 0 bridgehead atoms. The molecular formula is C25H34N4O3S. The Morgan fingerprint density at radius 1 is 0.848 bits per heavy atom. The van der Waals surface area contributed by atoms with E-state index < -0.39 is 10.0 Å². The molecule has 178 valence electrons. The minimum atomic E-state index is -3.46. The molecule has 2 aliphatic rings. The first kappa shape index (κ1) is 23.9. The predicted molar refractivity (Wildman–Crippen MR) is 130 cm³/mol. The van der Waals surface area contributed by atoms with Gasteiger partial charge in [-0.15, -0.1) is 0 Å². The summed E-state index contributed by atoms with van der Waals surface area (Å²) in [6, 6.07) is 14.9. The van der Waals surface area contributed by atoms with Gasteiger partial charge in [-0.1, -0.05) is 36.8 Å². The summed E-state index contributed by atoms with van der Waals surface area (Å²) in [5, 5.41) is 0. The highest BCUT2D eigenvalue weighted by atomic mass is 32.2. The monoisotopic (exact) mass is 470 g/mol. The molecule has 4 rings (SSSR count). The highest BCUT2D eigenvalue weighted by molar-refractivity contribution is 7.89. The first-order valence-corrected chi connectivity index (χ1v) is 13.2. The van der Waals surface area contributed by atoms with Crippen molar-refractivity contribution < 1.29 is 13.2 Å². The van der Waals surface area contributed by atoms with Gasteiger partial charge in [-0.05, 0) is 43.3 Å². The summed E-state index contributed by atoms with van der Waals surface area (Å²) in [6.45, 7) is 11.5. The zero-order valence-corrected chi connectivity index (χ0v) is 20.4. The number of hydrogen-bond donors (Lipinski definition) is 0. The van der Waals surface area contributed by atoms with Gasteiger partial charge in [-0.3, -0.25) is 9.69 Å². The molecule has 2 aromatic carbocycles. The Kier molecular flexibility index (Phi) is 7.48. The number of amides is 1. The zero-order valence-electron chi connectivity index (χ0n) is 19.6. The third-order valence-corrected chi connectivity index (χ3v) is 8.59. The predicted octanol–water partition coefficient (Wildman–Crippen LogP) is 2.28. The fourth-order valence-electron chi connectivity index (χ4n) is 4.50. The van der Waals surface area contributed by atoms with Gasteiger partial charge in [0.15, 0.2) is 0 Å². The molecule has 1 amide bonds. The van der Waals surface area contributed by atoms with E-state index in [2.05, 4.69) is 16.7 Å². The molecule has 0 unspecified atom stereocenters. The molecule has 0 atom stereocenters. The lowest BCUT2D eigenvalue weighted by molar-refractivity contribution is 0.0643. The van der Waals surface area contributed by atoms with Gasteiger partial charge in [0.1, 0.15) is 0 Å². The Morgan fingerprint density at radius 2 is 1.48 bits per heavy atom. The van der Waals surface area contributed by atoms with E-state index >= 15 is 0 Å². The molecule has 8 heteroatoms. The van der Waals surface area contributed by atoms with E-state index in [4.69, 9.17) is 0 Å². The third-order valence-electron chi connectivity index (χ3n) is 6.68. The molecule has 0 saturated carbocycles. The lowest BCUT2D eigenvalue weighted by Gasteiger charge is -2.34. The second kappa shape index (κ2) is 10.3. The van der Waals surface area contributed by atoms with Gasteiger partial charge in [0.25, 0.3) is 5.91 Å². The Morgan fingerprint density at radius 3 is 2.12 bits per heavy atom. The van der Waals surface area contributed by atoms with Crippen LogP contribution in [-0.4, -0.2) is 92.2 Å². The molecule has 7 nitrogen and oxygen atoms in total. The zero-order chi connectivity index (χ0) is 23.4. The van der Waals surface area contributed by atoms with E-state index in [0.29, 0.717) is 37.6 Å². The van der Waals surface area contributed by atoms with Gasteiger partial charge in [-0.2, -0.15) is 4.31 Å². The standard InChI is InChI=1S/C25H34N4O3S/c1-3-26-11-15-28(16-12-26)25(30)23-6-4-5-22(19-23)20-27-13-17-29(18-14-27)33(31,32)24-9-7-21(2)8-10-24/h4-10,19H,3,11-18,20H2,1-2H3. The quantitative estimate of drug-likeness (QED) is 0.648. The van der Waals surface area contributed by atoms with Crippen LogP contribution in [0.25, 0.3) is 0 Å². The number of likely N-dealkylation sites (N-methyl/N-ethyl adjacent to an activating group) is 1. The van der Waals surface area contributed by atoms with Gasteiger partial charge < -0.3 is 9.80 Å². The van der Waals surface area contributed by atoms with Crippen LogP contribution < -0.4 is 0 Å². The van der Waals surface area contributed by atoms with Crippen LogP contribution in [0.4, 0.5) is 0 Å². The van der Waals surface area contributed by atoms with Gasteiger partial charge in [-0.25, -0.2) is 8.42 Å². The van der Waals surface area contributed by atoms with Crippen LogP contribution in [0.2, 0.25) is 0 Å². The van der Waals surface area contributed by atoms with Crippen LogP contribution >= 0.6 is 0 Å². The Bertz CT molecular complexity index is 1060. The van der Waals surface area contributed by atoms with Crippen molar-refractivity contribution in [3.63, 3.8) is 0 Å². The molecule has 2 heterocycles. The number of carbonyl (C=O) groups excluding carboxylic acids is 1. The number of nitrogens with zero attached hydrogens (tertiary/aromatic N) is 4. The largest absolute Gasteiger partial charge is 0.336 e. The summed E-state index contributed by atoms with van der Waals surface area (Å²) < 4.78 is 27.4. The number of rotatable bonds is 6. The maximum Gasteiger partial charge on any atom is 0.253 e. The second-order valence-electron chi connectivity index (χ2n) is 8.92. The molecule has 0 spiro atoms. The fourth-order valence-corrected chi connectivity index (χ4v) is 5.92. The highest BCUT2D eigenvalue weighted by Crippen LogP contribution is 2.19. The van der Waals surface area contributed by atoms with E-state index in [1.807, 2.05) is 48.2 Å². The topological polar surface area (TPSA) is 64.2 Å². The van der Waals surface area contributed by atoms with E-state index in [0.717, 1.165) is 49.4 Å². The summed E-state index contributed by atoms with van der Waals surface area (Å²) in [5.41, 5.74) is 2.86. The normalized spacial score (nSPS) is 19.0. The minimum absolute atomic E-state index is 0.0987. The molecule has 0 radical (unpaired) electrons. The van der Waals surface area contributed by atoms with Crippen LogP contribution in [0.3, 0.4) is 0 Å². The van der Waals surface area contributed by atoms with Crippen LogP contribution in [0.1, 0.15) is 28.4 Å². The van der Waals surface area contributed by atoms with Crippen LogP contribution in [0.15, 0.2) is 53.4 Å². The summed E-state index contributed by atoms with van der Waals surface area (Å²) in [7, 11) is -3.46. The first-order chi connectivity index (χ1) is 15.9. The summed E-state index contributed by atoms with van der Waals surface area (Å²) in [6.07, 6.45) is 0. The van der Waals surface area contributed by atoms with Crippen molar-refractivity contribution in [2.75, 3.05) is 58.9 Å². The number of carbonyl (C=O) groups is 1. The van der Waals surface area contributed by atoms with E-state index in [1.165, 1.54) is 0 Å². The van der Waals surface area contributed by atoms with Crippen molar-refractivity contribution in [2.45, 2.75) is 25.3 Å². The lowest BCUT2D eigenvalue weighted by Crippen LogP contribution is -2.48. The molecule has 2 saturated heterocycles. The van der Waals surface area contributed by atoms with Gasteiger partial charge in [0.2, 0.25) is 10.0 Å². The number of benzene rings is 2. The van der Waals surface area contributed by atoms with Crippen molar-refractivity contribution in [3.8, 4) is 0 Å². The summed E-state index contributed by atoms with van der Waals surface area (Å²) in [4.78, 5) is 19.9. The van der Waals surface area contributed by atoms with Crippen molar-refractivity contribution in [3.05, 3.63) is 65.2 Å². The van der Waals surface area contributed by atoms with Crippen molar-refractivity contribution >= 4 is 15.9 Å². The van der Waals surface area contributed by atoms with E-state index in [-0.39, 0.29) is 5.91 Å². The molecule has 2 aromatic rings. The van der Waals surface area contributed by atoms with E-state index in [1.54, 1.807) is 16.4 Å². The average Bonchev–Trinajstić information content (AvgIpc) is 2.84. The lowest BCUT2D eigenvalue weighted by atomic mass is 10.1. The molecule has 2 aliphatic heterocycles. The molecule has 33 heavy (non-hydrogen) atoms. The highest BCUT2D eigenvalue weighted by Gasteiger charge is 2.28. The summed E-state index contributed by atoms with van der Waals surface area (Å²) in [5.74, 6) is 0.0987. The molecule has 2 fully saturated rings.